The Labute approximate surface area is 114 Å². The zero-order valence-corrected chi connectivity index (χ0v) is 12.9. The Morgan fingerprint density at radius 1 is 1.11 bits per heavy atom. The third-order valence-corrected chi connectivity index (χ3v) is 4.12. The molecule has 1 saturated heterocycles. The Morgan fingerprint density at radius 3 is 2.50 bits per heavy atom. The van der Waals surface area contributed by atoms with Crippen molar-refractivity contribution in [2.75, 3.05) is 46.8 Å². The summed E-state index contributed by atoms with van der Waals surface area (Å²) in [6.45, 7) is 10.7. The van der Waals surface area contributed by atoms with Crippen molar-refractivity contribution in [2.24, 2.45) is 5.92 Å². The van der Waals surface area contributed by atoms with Crippen molar-refractivity contribution in [1.82, 2.24) is 15.1 Å². The lowest BCUT2D eigenvalue weighted by molar-refractivity contribution is 0.252. The molecule has 0 bridgehead atoms. The number of nitrogens with zero attached hydrogens (tertiary/aromatic N) is 2. The highest BCUT2D eigenvalue weighted by atomic mass is 15.2. The molecule has 108 valence electrons. The molecule has 1 heterocycles. The lowest BCUT2D eigenvalue weighted by atomic mass is 10.1. The predicted octanol–water partition coefficient (Wildman–Crippen LogP) is 2.04. The van der Waals surface area contributed by atoms with Crippen molar-refractivity contribution in [3.05, 3.63) is 0 Å². The minimum absolute atomic E-state index is 0.745. The quantitative estimate of drug-likeness (QED) is 0.636. The van der Waals surface area contributed by atoms with Crippen molar-refractivity contribution in [2.45, 2.75) is 45.6 Å². The van der Waals surface area contributed by atoms with Crippen LogP contribution in [-0.4, -0.2) is 62.7 Å². The van der Waals surface area contributed by atoms with E-state index >= 15 is 0 Å². The number of hydrogen-bond donors (Lipinski definition) is 1. The fourth-order valence-corrected chi connectivity index (χ4v) is 2.94. The molecule has 3 nitrogen and oxygen atoms in total. The van der Waals surface area contributed by atoms with Crippen LogP contribution in [0.25, 0.3) is 0 Å². The molecular formula is C15H33N3. The summed E-state index contributed by atoms with van der Waals surface area (Å²) in [7, 11) is 4.41. The molecule has 1 N–H and O–H groups in total. The second-order valence-electron chi connectivity index (χ2n) is 6.08. The van der Waals surface area contributed by atoms with Crippen molar-refractivity contribution in [3.63, 3.8) is 0 Å². The first kappa shape index (κ1) is 15.9. The monoisotopic (exact) mass is 255 g/mol. The molecule has 1 fully saturated rings. The molecule has 0 saturated carbocycles. The average molecular weight is 255 g/mol. The van der Waals surface area contributed by atoms with Crippen molar-refractivity contribution < 1.29 is 0 Å². The van der Waals surface area contributed by atoms with Crippen LogP contribution in [0.2, 0.25) is 0 Å². The second kappa shape index (κ2) is 8.89. The molecule has 2 atom stereocenters. The Balaban J connectivity index is 2.00. The van der Waals surface area contributed by atoms with E-state index in [1.54, 1.807) is 0 Å². The topological polar surface area (TPSA) is 18.5 Å². The van der Waals surface area contributed by atoms with Gasteiger partial charge < -0.3 is 15.1 Å². The minimum Gasteiger partial charge on any atom is -0.315 e. The van der Waals surface area contributed by atoms with Crippen LogP contribution in [0, 0.1) is 5.92 Å². The first-order chi connectivity index (χ1) is 8.65. The maximum Gasteiger partial charge on any atom is 0.0254 e. The third-order valence-electron chi connectivity index (χ3n) is 4.12. The van der Waals surface area contributed by atoms with Gasteiger partial charge in [0.15, 0.2) is 0 Å². The van der Waals surface area contributed by atoms with Crippen LogP contribution < -0.4 is 5.32 Å². The molecule has 0 aliphatic carbocycles. The van der Waals surface area contributed by atoms with Crippen molar-refractivity contribution in [1.29, 1.82) is 0 Å². The van der Waals surface area contributed by atoms with E-state index in [9.17, 15) is 0 Å². The van der Waals surface area contributed by atoms with Gasteiger partial charge in [-0.1, -0.05) is 33.1 Å². The van der Waals surface area contributed by atoms with Gasteiger partial charge in [0.25, 0.3) is 0 Å². The van der Waals surface area contributed by atoms with Gasteiger partial charge in [-0.25, -0.2) is 0 Å². The number of rotatable bonds is 9. The third kappa shape index (κ3) is 5.68. The maximum absolute atomic E-state index is 3.57. The highest BCUT2D eigenvalue weighted by Gasteiger charge is 2.30. The van der Waals surface area contributed by atoms with E-state index in [0.717, 1.165) is 18.5 Å². The summed E-state index contributed by atoms with van der Waals surface area (Å²) in [6.07, 6.45) is 5.44. The Kier molecular flexibility index (Phi) is 7.87. The smallest absolute Gasteiger partial charge is 0.0254 e. The van der Waals surface area contributed by atoms with Gasteiger partial charge in [-0.15, -0.1) is 0 Å². The molecular weight excluding hydrogens is 222 g/mol. The second-order valence-corrected chi connectivity index (χ2v) is 6.08. The Hall–Kier alpha value is -0.120. The molecule has 3 heteroatoms. The molecule has 1 aliphatic heterocycles. The summed E-state index contributed by atoms with van der Waals surface area (Å²) < 4.78 is 0. The molecule has 0 spiro atoms. The van der Waals surface area contributed by atoms with Gasteiger partial charge in [-0.3, -0.25) is 0 Å². The van der Waals surface area contributed by atoms with E-state index in [4.69, 9.17) is 0 Å². The molecule has 0 radical (unpaired) electrons. The fraction of sp³-hybridized carbons (Fsp3) is 1.00. The van der Waals surface area contributed by atoms with Gasteiger partial charge in [0.2, 0.25) is 0 Å². The molecule has 0 aromatic heterocycles. The van der Waals surface area contributed by atoms with Crippen LogP contribution in [0.4, 0.5) is 0 Å². The number of hydrogen-bond acceptors (Lipinski definition) is 3. The van der Waals surface area contributed by atoms with Gasteiger partial charge in [-0.2, -0.15) is 0 Å². The van der Waals surface area contributed by atoms with E-state index in [0.29, 0.717) is 0 Å². The molecule has 2 unspecified atom stereocenters. The lowest BCUT2D eigenvalue weighted by Gasteiger charge is -2.22. The zero-order valence-electron chi connectivity index (χ0n) is 12.9. The number of nitrogens with one attached hydrogen (secondary N) is 1. The molecule has 0 aromatic rings. The van der Waals surface area contributed by atoms with Gasteiger partial charge in [-0.05, 0) is 33.0 Å². The summed E-state index contributed by atoms with van der Waals surface area (Å²) in [5.74, 6) is 0.810. The van der Waals surface area contributed by atoms with Crippen LogP contribution in [0.3, 0.4) is 0 Å². The van der Waals surface area contributed by atoms with E-state index in [2.05, 4.69) is 43.1 Å². The Bertz CT molecular complexity index is 206. The fourth-order valence-electron chi connectivity index (χ4n) is 2.94. The molecule has 1 aliphatic rings. The molecule has 0 aromatic carbocycles. The van der Waals surface area contributed by atoms with Crippen LogP contribution in [0.5, 0.6) is 0 Å². The highest BCUT2D eigenvalue weighted by Crippen LogP contribution is 2.19. The molecule has 1 rings (SSSR count). The molecule has 18 heavy (non-hydrogen) atoms. The van der Waals surface area contributed by atoms with E-state index in [1.165, 1.54) is 51.9 Å². The van der Waals surface area contributed by atoms with E-state index in [-0.39, 0.29) is 0 Å². The SMILES string of the molecule is CCCCCCNCCN1CC(C)C(N(C)C)C1. The first-order valence-electron chi connectivity index (χ1n) is 7.74. The summed E-state index contributed by atoms with van der Waals surface area (Å²) in [4.78, 5) is 4.98. The summed E-state index contributed by atoms with van der Waals surface area (Å²) in [5, 5.41) is 3.57. The predicted molar refractivity (Wildman–Crippen MR) is 80.1 cm³/mol. The lowest BCUT2D eigenvalue weighted by Crippen LogP contribution is -2.36. The largest absolute Gasteiger partial charge is 0.315 e. The first-order valence-corrected chi connectivity index (χ1v) is 7.74. The standard InChI is InChI=1S/C15H33N3/c1-5-6-7-8-9-16-10-11-18-12-14(2)15(13-18)17(3)4/h14-16H,5-13H2,1-4H3. The summed E-state index contributed by atoms with van der Waals surface area (Å²) in [6, 6.07) is 0.745. The number of likely N-dealkylation sites (tertiary alicyclic amines) is 1. The number of unbranched alkanes of at least 4 members (excludes halogenated alkanes) is 3. The highest BCUT2D eigenvalue weighted by molar-refractivity contribution is 4.86. The van der Waals surface area contributed by atoms with E-state index in [1.807, 2.05) is 0 Å². The van der Waals surface area contributed by atoms with E-state index < -0.39 is 0 Å². The number of likely N-dealkylation sites (N-methyl/N-ethyl adjacent to an activating group) is 1. The van der Waals surface area contributed by atoms with Gasteiger partial charge >= 0.3 is 0 Å². The van der Waals surface area contributed by atoms with Crippen molar-refractivity contribution >= 4 is 0 Å². The summed E-state index contributed by atoms with van der Waals surface area (Å²) in [5.41, 5.74) is 0. The van der Waals surface area contributed by atoms with Crippen LogP contribution in [0.15, 0.2) is 0 Å². The maximum atomic E-state index is 3.57. The van der Waals surface area contributed by atoms with Gasteiger partial charge in [0, 0.05) is 32.2 Å². The van der Waals surface area contributed by atoms with Crippen molar-refractivity contribution in [3.8, 4) is 0 Å². The normalized spacial score (nSPS) is 25.2. The summed E-state index contributed by atoms with van der Waals surface area (Å²) >= 11 is 0. The van der Waals surface area contributed by atoms with Crippen LogP contribution >= 0.6 is 0 Å². The zero-order chi connectivity index (χ0) is 13.4. The van der Waals surface area contributed by atoms with Gasteiger partial charge in [0.1, 0.15) is 0 Å². The molecule has 0 amide bonds. The minimum atomic E-state index is 0.745. The van der Waals surface area contributed by atoms with Gasteiger partial charge in [0.05, 0.1) is 0 Å². The Morgan fingerprint density at radius 2 is 1.89 bits per heavy atom. The van der Waals surface area contributed by atoms with Crippen LogP contribution in [0.1, 0.15) is 39.5 Å². The van der Waals surface area contributed by atoms with Crippen LogP contribution in [-0.2, 0) is 0 Å². The average Bonchev–Trinajstić information content (AvgIpc) is 2.69.